The van der Waals surface area contributed by atoms with Crippen LogP contribution in [0.15, 0.2) is 24.3 Å². The van der Waals surface area contributed by atoms with Crippen LogP contribution in [0.3, 0.4) is 0 Å². The van der Waals surface area contributed by atoms with Crippen LogP contribution in [-0.2, 0) is 22.4 Å². The fourth-order valence-corrected chi connectivity index (χ4v) is 17.8. The average molecular weight is 1890 g/mol. The molecule has 133 heavy (non-hydrogen) atoms. The van der Waals surface area contributed by atoms with E-state index in [-0.39, 0.29) is 0 Å². The molecule has 11 saturated heterocycles. The van der Waals surface area contributed by atoms with Crippen molar-refractivity contribution in [1.82, 2.24) is 69.4 Å². The summed E-state index contributed by atoms with van der Waals surface area (Å²) in [5.41, 5.74) is 3.06. The Kier molecular flexibility index (Phi) is 117. The number of rotatable bonds is 11. The lowest BCUT2D eigenvalue weighted by atomic mass is 9.75. The van der Waals surface area contributed by atoms with Crippen LogP contribution < -0.4 is 10.6 Å². The number of hydrogen-bond donors (Lipinski definition) is 2. The molecule has 0 aromatic heterocycles. The van der Waals surface area contributed by atoms with Crippen molar-refractivity contribution in [2.75, 3.05) is 203 Å². The zero-order valence-corrected chi connectivity index (χ0v) is 100. The lowest BCUT2D eigenvalue weighted by Crippen LogP contribution is -2.56. The zero-order chi connectivity index (χ0) is 103. The van der Waals surface area contributed by atoms with E-state index in [1.54, 1.807) is 5.56 Å². The Morgan fingerprint density at radius 3 is 0.902 bits per heavy atom. The van der Waals surface area contributed by atoms with Crippen molar-refractivity contribution >= 4 is 0 Å². The van der Waals surface area contributed by atoms with Gasteiger partial charge in [-0.25, -0.2) is 0 Å². The second kappa shape index (κ2) is 106. The van der Waals surface area contributed by atoms with E-state index in [1.165, 1.54) is 278 Å². The molecular formula is C117H258N14O2. The van der Waals surface area contributed by atoms with Crippen LogP contribution in [0.25, 0.3) is 0 Å². The van der Waals surface area contributed by atoms with Gasteiger partial charge in [0.05, 0.1) is 19.8 Å². The quantitative estimate of drug-likeness (QED) is 0.220. The molecule has 2 N–H and O–H groups in total. The second-order valence-corrected chi connectivity index (χ2v) is 38.0. The fraction of sp³-hybridized carbons (Fsp3) is 0.949. The van der Waals surface area contributed by atoms with Gasteiger partial charge in [0.2, 0.25) is 0 Å². The van der Waals surface area contributed by atoms with E-state index in [9.17, 15) is 0 Å². The van der Waals surface area contributed by atoms with Gasteiger partial charge in [-0.1, -0.05) is 222 Å². The maximum atomic E-state index is 5.33. The van der Waals surface area contributed by atoms with Gasteiger partial charge in [-0.15, -0.1) is 0 Å². The molecule has 808 valence electrons. The number of hydrogen-bond acceptors (Lipinski definition) is 16. The van der Waals surface area contributed by atoms with Crippen LogP contribution in [0.4, 0.5) is 0 Å². The Hall–Kier alpha value is -1.42. The molecule has 1 aromatic carbocycles. The molecule has 12 aliphatic heterocycles. The zero-order valence-electron chi connectivity index (χ0n) is 100. The van der Waals surface area contributed by atoms with Crippen LogP contribution in [0.2, 0.25) is 0 Å². The molecule has 1 saturated carbocycles. The molecule has 0 bridgehead atoms. The van der Waals surface area contributed by atoms with Gasteiger partial charge in [-0.3, -0.25) is 34.3 Å². The molecule has 0 radical (unpaired) electrons. The molecule has 3 unspecified atom stereocenters. The maximum Gasteiger partial charge on any atom is 0.0594 e. The van der Waals surface area contributed by atoms with Crippen molar-refractivity contribution < 1.29 is 9.47 Å². The first-order valence-corrected chi connectivity index (χ1v) is 58.8. The molecular weight excluding hydrogens is 1630 g/mol. The Morgan fingerprint density at radius 2 is 0.511 bits per heavy atom. The van der Waals surface area contributed by atoms with Crippen molar-refractivity contribution in [3.05, 3.63) is 35.4 Å². The summed E-state index contributed by atoms with van der Waals surface area (Å²) in [6.07, 6.45) is 29.8. The average Bonchev–Trinajstić information content (AvgIpc) is 0.932. The van der Waals surface area contributed by atoms with Crippen molar-refractivity contribution in [1.29, 1.82) is 0 Å². The van der Waals surface area contributed by atoms with Gasteiger partial charge in [0.1, 0.15) is 0 Å². The van der Waals surface area contributed by atoms with E-state index in [2.05, 4.69) is 246 Å². The van der Waals surface area contributed by atoms with E-state index in [0.29, 0.717) is 18.1 Å². The Bertz CT molecular complexity index is 2130. The molecule has 0 spiro atoms. The monoisotopic (exact) mass is 1890 g/mol. The summed E-state index contributed by atoms with van der Waals surface area (Å²) in [6.45, 7) is 133. The summed E-state index contributed by atoms with van der Waals surface area (Å²) in [7, 11) is 0. The molecule has 16 nitrogen and oxygen atoms in total. The summed E-state index contributed by atoms with van der Waals surface area (Å²) in [6, 6.07) is 17.8. The van der Waals surface area contributed by atoms with Crippen molar-refractivity contribution in [2.24, 2.45) is 11.8 Å². The molecule has 1 aromatic rings. The number of ether oxygens (including phenoxy) is 2. The first-order valence-electron chi connectivity index (χ1n) is 58.8. The summed E-state index contributed by atoms with van der Waals surface area (Å²) in [5, 5.41) is 6.72. The number of morpholine rings is 1. The van der Waals surface area contributed by atoms with Crippen LogP contribution >= 0.6 is 0 Å². The number of nitrogens with one attached hydrogen (secondary N) is 2. The number of piperidine rings is 3. The highest BCUT2D eigenvalue weighted by molar-refractivity contribution is 5.29. The third-order valence-electron chi connectivity index (χ3n) is 26.3. The molecule has 3 atom stereocenters. The van der Waals surface area contributed by atoms with E-state index in [1.807, 2.05) is 152 Å². The third-order valence-corrected chi connectivity index (χ3v) is 26.3. The number of benzene rings is 1. The van der Waals surface area contributed by atoms with Gasteiger partial charge < -0.3 is 44.6 Å². The van der Waals surface area contributed by atoms with Gasteiger partial charge in [0.15, 0.2) is 0 Å². The van der Waals surface area contributed by atoms with Gasteiger partial charge in [-0.05, 0) is 344 Å². The Balaban J connectivity index is -0.000000211. The minimum absolute atomic E-state index is 0.674. The smallest absolute Gasteiger partial charge is 0.0594 e. The molecule has 16 heteroatoms. The molecule has 1 aliphatic carbocycles. The van der Waals surface area contributed by atoms with Crippen LogP contribution in [0.5, 0.6) is 0 Å². The molecule has 0 amide bonds. The fourth-order valence-electron chi connectivity index (χ4n) is 17.8. The minimum atomic E-state index is 0.674. The van der Waals surface area contributed by atoms with Crippen LogP contribution in [-0.4, -0.2) is 334 Å². The summed E-state index contributed by atoms with van der Waals surface area (Å²) >= 11 is 0. The van der Waals surface area contributed by atoms with Gasteiger partial charge >= 0.3 is 0 Å². The highest BCUT2D eigenvalue weighted by Crippen LogP contribution is 2.36. The normalized spacial score (nSPS) is 21.3. The number of likely N-dealkylation sites (tertiary alicyclic amines) is 5. The predicted molar refractivity (Wildman–Crippen MR) is 610 cm³/mol. The van der Waals surface area contributed by atoms with Crippen LogP contribution in [0, 0.1) is 11.8 Å². The predicted octanol–water partition coefficient (Wildman–Crippen LogP) is 27.8. The first-order chi connectivity index (χ1) is 64.2. The number of fused-ring (bicyclic) bond motifs is 3. The summed E-state index contributed by atoms with van der Waals surface area (Å²) in [5.74, 6) is 2.13. The minimum Gasteiger partial charge on any atom is -0.380 e. The van der Waals surface area contributed by atoms with E-state index in [0.717, 1.165) is 138 Å². The Morgan fingerprint density at radius 1 is 0.218 bits per heavy atom. The molecule has 12 heterocycles. The third kappa shape index (κ3) is 77.8. The SMILES string of the molecule is CC.CC.CC.CC.CC.CC.CC.CC.CC.CC.CC.CC(C)N1CCC1.CC(C)N1CCC2CCCCC2C1.CC(C)N1CCCC1.CC(C)N1CCCCC1.CC(C)N1CCCCCC1.CC(C)N1CCCNCC1.CC(C)N1CCCOCC1.CC(C)N1CCN2CCCCC2C1.CC(C)N1CCNCC1.CC(C)N1CCOCC1.CC(C)N1CCc2ccccc2C1. The maximum absolute atomic E-state index is 5.33. The van der Waals surface area contributed by atoms with E-state index < -0.39 is 0 Å². The standard InChI is InChI=1S/C12H23N.C12H17N.C11H22N2.C9H19N.C8H18N2.C8H17NO.C8H17N.C7H16N2.C7H15NO.C7H15N.C6H13N.11C2H6/c2*1-10(2)13-8-7-11-5-3-4-6-12(11)9-13;1-10(2)13-8-7-12-6-4-3-5-11(12)9-13;1-9(2)10-7-5-3-4-6-8-10;1-8(2)10-6-3-4-9-5-7-10;1-8(2)9-4-3-6-10-7-5-9;1-8(2)9-6-4-3-5-7-9;1-7(2)9-5-3-8-4-6-9;1-7(2)8-3-5-9-6-4-8;1-7(2)8-5-3-4-6-8;1-6(2)7-4-3-5-7;11*1-2/h10-12H,3-9H2,1-2H3;3-6,10H,7-9H2,1-2H3;10-11H,3-9H2,1-2H3;9H,3-8H2,1-2H3;8-9H,3-7H2,1-2H3;8H,3-7H2,1-2H3;8H,3-7H2,1-2H3;7-8H,3-6H2,1-2H3;7H,3-6H2,1-2H3;7H,3-6H2,1-2H3;6H,3-5H2,1-2H3;11*1-2H3. The summed E-state index contributed by atoms with van der Waals surface area (Å²) in [4.78, 5) is 30.6. The second-order valence-electron chi connectivity index (χ2n) is 38.0. The van der Waals surface area contributed by atoms with Gasteiger partial charge in [0.25, 0.3) is 0 Å². The lowest BCUT2D eigenvalue weighted by molar-refractivity contribution is 0.0238. The largest absolute Gasteiger partial charge is 0.380 e. The lowest BCUT2D eigenvalue weighted by Gasteiger charge is -2.45. The van der Waals surface area contributed by atoms with Crippen molar-refractivity contribution in [3.8, 4) is 0 Å². The highest BCUT2D eigenvalue weighted by atomic mass is 16.5. The van der Waals surface area contributed by atoms with Gasteiger partial charge in [-0.2, -0.15) is 0 Å². The van der Waals surface area contributed by atoms with Crippen molar-refractivity contribution in [3.63, 3.8) is 0 Å². The molecule has 12 fully saturated rings. The Labute approximate surface area is 842 Å². The van der Waals surface area contributed by atoms with Crippen LogP contribution in [0.1, 0.15) is 444 Å². The highest BCUT2D eigenvalue weighted by Gasteiger charge is 2.33. The van der Waals surface area contributed by atoms with Gasteiger partial charge in [0, 0.05) is 184 Å². The van der Waals surface area contributed by atoms with Crippen molar-refractivity contribution in [2.45, 2.75) is 519 Å². The first kappa shape index (κ1) is 147. The van der Waals surface area contributed by atoms with E-state index in [4.69, 9.17) is 9.47 Å². The topological polar surface area (TPSA) is 81.4 Å². The summed E-state index contributed by atoms with van der Waals surface area (Å²) < 4.78 is 10.5. The molecule has 14 rings (SSSR count). The number of piperazine rings is 2. The molecule has 13 aliphatic rings. The van der Waals surface area contributed by atoms with E-state index >= 15 is 0 Å². The number of nitrogens with zero attached hydrogens (tertiary/aromatic N) is 12.